The summed E-state index contributed by atoms with van der Waals surface area (Å²) in [5.41, 5.74) is 3.88. The van der Waals surface area contributed by atoms with Crippen molar-refractivity contribution in [1.82, 2.24) is 4.57 Å². The van der Waals surface area contributed by atoms with Crippen LogP contribution in [0.3, 0.4) is 0 Å². The first-order valence-corrected chi connectivity index (χ1v) is 12.8. The maximum atomic E-state index is 13.4. The van der Waals surface area contributed by atoms with Gasteiger partial charge in [0.2, 0.25) is 0 Å². The molecule has 1 amide bonds. The summed E-state index contributed by atoms with van der Waals surface area (Å²) in [5, 5.41) is 3.98. The Kier molecular flexibility index (Phi) is 8.19. The number of anilines is 1. The van der Waals surface area contributed by atoms with Gasteiger partial charge in [-0.1, -0.05) is 11.6 Å². The summed E-state index contributed by atoms with van der Waals surface area (Å²) in [7, 11) is 1.55. The van der Waals surface area contributed by atoms with Gasteiger partial charge >= 0.3 is 5.97 Å². The van der Waals surface area contributed by atoms with Gasteiger partial charge in [0.25, 0.3) is 11.8 Å². The zero-order valence-electron chi connectivity index (χ0n) is 20.4. The monoisotopic (exact) mass is 630 g/mol. The third kappa shape index (κ3) is 5.97. The molecule has 3 aromatic carbocycles. The highest BCUT2D eigenvalue weighted by molar-refractivity contribution is 14.1. The van der Waals surface area contributed by atoms with E-state index in [9.17, 15) is 14.4 Å². The van der Waals surface area contributed by atoms with Crippen LogP contribution in [0, 0.1) is 17.4 Å². The lowest BCUT2D eigenvalue weighted by molar-refractivity contribution is -0.146. The van der Waals surface area contributed by atoms with E-state index in [1.807, 2.05) is 19.1 Å². The smallest absolute Gasteiger partial charge is 0.310 e. The van der Waals surface area contributed by atoms with Gasteiger partial charge in [0, 0.05) is 30.9 Å². The minimum absolute atomic E-state index is 0.119. The molecule has 0 bridgehead atoms. The van der Waals surface area contributed by atoms with Crippen LogP contribution in [-0.4, -0.2) is 36.1 Å². The number of esters is 1. The molecule has 0 aliphatic rings. The Morgan fingerprint density at radius 3 is 2.41 bits per heavy atom. The summed E-state index contributed by atoms with van der Waals surface area (Å²) in [6, 6.07) is 17.6. The normalized spacial score (nSPS) is 10.8. The molecule has 0 aliphatic heterocycles. The second kappa shape index (κ2) is 11.4. The number of nitrogens with one attached hydrogen (secondary N) is 1. The molecule has 1 aromatic heterocycles. The van der Waals surface area contributed by atoms with Crippen LogP contribution in [0.15, 0.2) is 60.7 Å². The quantitative estimate of drug-likeness (QED) is 0.202. The highest BCUT2D eigenvalue weighted by Crippen LogP contribution is 2.31. The largest absolute Gasteiger partial charge is 0.497 e. The van der Waals surface area contributed by atoms with E-state index < -0.39 is 18.5 Å². The van der Waals surface area contributed by atoms with Crippen molar-refractivity contribution in [2.45, 2.75) is 20.3 Å². The van der Waals surface area contributed by atoms with Gasteiger partial charge < -0.3 is 14.8 Å². The third-order valence-electron chi connectivity index (χ3n) is 5.98. The van der Waals surface area contributed by atoms with Crippen LogP contribution in [0.2, 0.25) is 5.02 Å². The summed E-state index contributed by atoms with van der Waals surface area (Å²) >= 11 is 8.18. The number of aromatic nitrogens is 1. The Balaban J connectivity index is 1.56. The van der Waals surface area contributed by atoms with E-state index in [-0.39, 0.29) is 12.3 Å². The topological polar surface area (TPSA) is 86.6 Å². The number of rotatable bonds is 7. The molecule has 0 fully saturated rings. The number of halogens is 2. The average molecular weight is 631 g/mol. The van der Waals surface area contributed by atoms with Crippen molar-refractivity contribution in [3.63, 3.8) is 0 Å². The number of ether oxygens (including phenoxy) is 2. The van der Waals surface area contributed by atoms with Crippen LogP contribution < -0.4 is 10.1 Å². The number of fused-ring (bicyclic) bond motifs is 1. The first kappa shape index (κ1) is 26.7. The Morgan fingerprint density at radius 2 is 1.73 bits per heavy atom. The molecular formula is C28H24ClIN2O5. The Morgan fingerprint density at radius 1 is 1.00 bits per heavy atom. The highest BCUT2D eigenvalue weighted by atomic mass is 127. The lowest BCUT2D eigenvalue weighted by Gasteiger charge is -2.10. The van der Waals surface area contributed by atoms with E-state index in [2.05, 4.69) is 27.9 Å². The van der Waals surface area contributed by atoms with Crippen molar-refractivity contribution >= 4 is 68.6 Å². The minimum Gasteiger partial charge on any atom is -0.497 e. The minimum atomic E-state index is -0.585. The van der Waals surface area contributed by atoms with Gasteiger partial charge in [-0.15, -0.1) is 0 Å². The van der Waals surface area contributed by atoms with Gasteiger partial charge in [-0.2, -0.15) is 0 Å². The first-order chi connectivity index (χ1) is 17.7. The second-order valence-electron chi connectivity index (χ2n) is 8.44. The standard InChI is InChI=1S/C28H24ClIN2O5/c1-16-12-20(30)8-10-24(16)31-26(33)15-37-27(34)14-22-17(2)32(25-11-9-21(36-3)13-23(22)25)28(35)18-4-6-19(29)7-5-18/h4-13H,14-15H2,1-3H3,(H,31,33). The second-order valence-corrected chi connectivity index (χ2v) is 10.1. The van der Waals surface area contributed by atoms with Crippen molar-refractivity contribution in [3.8, 4) is 5.75 Å². The Bertz CT molecular complexity index is 1510. The Labute approximate surface area is 232 Å². The molecule has 4 rings (SSSR count). The molecule has 0 unspecified atom stereocenters. The number of amides is 1. The van der Waals surface area contributed by atoms with Crippen molar-refractivity contribution < 1.29 is 23.9 Å². The molecular weight excluding hydrogens is 607 g/mol. The lowest BCUT2D eigenvalue weighted by Crippen LogP contribution is -2.22. The van der Waals surface area contributed by atoms with Crippen LogP contribution in [0.25, 0.3) is 10.9 Å². The van der Waals surface area contributed by atoms with Crippen LogP contribution in [0.1, 0.15) is 27.2 Å². The third-order valence-corrected chi connectivity index (χ3v) is 6.91. The van der Waals surface area contributed by atoms with E-state index in [1.54, 1.807) is 67.1 Å². The summed E-state index contributed by atoms with van der Waals surface area (Å²) in [4.78, 5) is 38.6. The molecule has 0 saturated carbocycles. The van der Waals surface area contributed by atoms with Gasteiger partial charge in [0.15, 0.2) is 6.61 Å². The summed E-state index contributed by atoms with van der Waals surface area (Å²) in [5.74, 6) is -0.684. The Hall–Kier alpha value is -3.37. The molecule has 37 heavy (non-hydrogen) atoms. The number of hydrogen-bond donors (Lipinski definition) is 1. The maximum Gasteiger partial charge on any atom is 0.310 e. The van der Waals surface area contributed by atoms with Crippen molar-refractivity contribution in [2.75, 3.05) is 19.0 Å². The van der Waals surface area contributed by atoms with Crippen molar-refractivity contribution in [3.05, 3.63) is 91.6 Å². The summed E-state index contributed by atoms with van der Waals surface area (Å²) in [6.07, 6.45) is -0.119. The first-order valence-electron chi connectivity index (χ1n) is 11.4. The molecule has 7 nitrogen and oxygen atoms in total. The molecule has 0 saturated heterocycles. The molecule has 0 aliphatic carbocycles. The number of methoxy groups -OCH3 is 1. The van der Waals surface area contributed by atoms with Gasteiger partial charge in [-0.25, -0.2) is 0 Å². The number of hydrogen-bond acceptors (Lipinski definition) is 5. The number of aryl methyl sites for hydroxylation is 1. The van der Waals surface area contributed by atoms with E-state index >= 15 is 0 Å². The number of nitrogens with zero attached hydrogens (tertiary/aromatic N) is 1. The van der Waals surface area contributed by atoms with Gasteiger partial charge in [0.1, 0.15) is 5.75 Å². The summed E-state index contributed by atoms with van der Waals surface area (Å²) in [6.45, 7) is 3.24. The molecule has 1 heterocycles. The van der Waals surface area contributed by atoms with E-state index in [4.69, 9.17) is 21.1 Å². The average Bonchev–Trinajstić information content (AvgIpc) is 3.14. The SMILES string of the molecule is COc1ccc2c(c1)c(CC(=O)OCC(=O)Nc1ccc(I)cc1C)c(C)n2C(=O)c1ccc(Cl)cc1. The fraction of sp³-hybridized carbons (Fsp3) is 0.179. The molecule has 0 spiro atoms. The molecule has 4 aromatic rings. The molecule has 0 radical (unpaired) electrons. The molecule has 190 valence electrons. The molecule has 1 N–H and O–H groups in total. The summed E-state index contributed by atoms with van der Waals surface area (Å²) < 4.78 is 13.3. The predicted molar refractivity (Wildman–Crippen MR) is 152 cm³/mol. The maximum absolute atomic E-state index is 13.4. The highest BCUT2D eigenvalue weighted by Gasteiger charge is 2.23. The van der Waals surface area contributed by atoms with E-state index in [1.165, 1.54) is 0 Å². The number of carbonyl (C=O) groups is 3. The molecule has 9 heteroatoms. The van der Waals surface area contributed by atoms with Gasteiger partial charge in [-0.3, -0.25) is 19.0 Å². The fourth-order valence-electron chi connectivity index (χ4n) is 4.09. The predicted octanol–water partition coefficient (Wildman–Crippen LogP) is 5.94. The van der Waals surface area contributed by atoms with Crippen LogP contribution >= 0.6 is 34.2 Å². The van der Waals surface area contributed by atoms with E-state index in [0.29, 0.717) is 44.2 Å². The molecule has 0 atom stereocenters. The van der Waals surface area contributed by atoms with Crippen LogP contribution in [0.4, 0.5) is 5.69 Å². The van der Waals surface area contributed by atoms with Gasteiger partial charge in [0.05, 0.1) is 19.0 Å². The number of carbonyl (C=O) groups excluding carboxylic acids is 3. The van der Waals surface area contributed by atoms with Gasteiger partial charge in [-0.05, 0) is 108 Å². The van der Waals surface area contributed by atoms with Crippen LogP contribution in [-0.2, 0) is 20.7 Å². The van der Waals surface area contributed by atoms with Crippen LogP contribution in [0.5, 0.6) is 5.75 Å². The number of benzene rings is 3. The zero-order valence-corrected chi connectivity index (χ0v) is 23.3. The zero-order chi connectivity index (χ0) is 26.7. The van der Waals surface area contributed by atoms with E-state index in [0.717, 1.165) is 9.13 Å². The fourth-order valence-corrected chi connectivity index (χ4v) is 4.86. The van der Waals surface area contributed by atoms with Crippen molar-refractivity contribution in [1.29, 1.82) is 0 Å². The van der Waals surface area contributed by atoms with Crippen molar-refractivity contribution in [2.24, 2.45) is 0 Å². The lowest BCUT2D eigenvalue weighted by atomic mass is 10.1.